The van der Waals surface area contributed by atoms with E-state index in [0.29, 0.717) is 72.9 Å². The summed E-state index contributed by atoms with van der Waals surface area (Å²) in [6.07, 6.45) is 1.21. The summed E-state index contributed by atoms with van der Waals surface area (Å²) in [4.78, 5) is 45.5. The number of allylic oxidation sites excluding steroid dienone is 3. The van der Waals surface area contributed by atoms with E-state index in [9.17, 15) is 39.3 Å². The third kappa shape index (κ3) is 7.77. The lowest BCUT2D eigenvalue weighted by Gasteiger charge is -2.62. The Bertz CT molecular complexity index is 1820. The van der Waals surface area contributed by atoms with Gasteiger partial charge >= 0.3 is 7.82 Å². The van der Waals surface area contributed by atoms with Gasteiger partial charge in [0.2, 0.25) is 0 Å². The maximum Gasteiger partial charge on any atom is 0.524 e. The molecule has 15 heteroatoms. The second kappa shape index (κ2) is 15.3. The third-order valence-electron chi connectivity index (χ3n) is 14.3. The minimum absolute atomic E-state index is 0.00379. The number of β-amino-alcohol motifs (C(OH)–C–C–N with tert-alkyl or cyclic N) is 1. The first-order valence-corrected chi connectivity index (χ1v) is 21.7. The molecular formula is C42H63FN2O11P+. The first kappa shape index (κ1) is 44.2. The molecule has 2 saturated heterocycles. The number of hydrogen-bond donors (Lipinski definition) is 6. The van der Waals surface area contributed by atoms with Crippen molar-refractivity contribution in [2.24, 2.45) is 28.6 Å². The zero-order chi connectivity index (χ0) is 42.1. The Morgan fingerprint density at radius 1 is 1.18 bits per heavy atom. The monoisotopic (exact) mass is 821 g/mol. The van der Waals surface area contributed by atoms with Gasteiger partial charge in [0.1, 0.15) is 18.9 Å². The van der Waals surface area contributed by atoms with Gasteiger partial charge in [-0.25, -0.2) is 8.96 Å². The Morgan fingerprint density at radius 2 is 1.84 bits per heavy atom. The lowest BCUT2D eigenvalue weighted by Crippen LogP contribution is -2.69. The molecule has 0 bridgehead atoms. The van der Waals surface area contributed by atoms with Crippen molar-refractivity contribution >= 4 is 19.4 Å². The standard InChI is InChI=1S/C42H62FN2O11P/c1-25-9-12-30-31-20-36-42(35(50)24-46,40(31,7)21-34(49)41(30,43)39(25,6)16-13-26(2)47)55-37(54-36)27-14-17-45(8,18-15-27)23-29-11-10-28(19-33(29)56-57(51,52)53)32(48)22-44-38(3,4)5/h10-11,13,16,19,27,30-32,34,36-37,44,46,48-49H,1,9,12,14-15,17-18,20-24H2,2-8H3,(H-,51,52,53)/p+1/b16-13-/t27?,30?,31-,32?,34?,36+,37?,39?,40?,41-,42+,45?/m0/s1. The average molecular weight is 822 g/mol. The number of fused-ring (bicyclic) bond motifs is 5. The fourth-order valence-electron chi connectivity index (χ4n) is 11.2. The maximum absolute atomic E-state index is 17.8. The molecule has 10 atom stereocenters. The molecule has 1 aromatic carbocycles. The number of alkyl halides is 1. The van der Waals surface area contributed by atoms with Crippen molar-refractivity contribution in [3.05, 3.63) is 53.6 Å². The molecule has 6 N–H and O–H groups in total. The van der Waals surface area contributed by atoms with Crippen LogP contribution in [0.2, 0.25) is 0 Å². The number of quaternary nitrogens is 1. The largest absolute Gasteiger partial charge is 0.524 e. The third-order valence-corrected chi connectivity index (χ3v) is 14.8. The quantitative estimate of drug-likeness (QED) is 0.0745. The second-order valence-electron chi connectivity index (χ2n) is 19.2. The topological polar surface area (TPSA) is 192 Å². The van der Waals surface area contributed by atoms with Crippen molar-refractivity contribution in [2.45, 2.75) is 128 Å². The number of ketones is 2. The van der Waals surface area contributed by atoms with Crippen LogP contribution in [0.15, 0.2) is 42.5 Å². The normalized spacial score (nSPS) is 40.1. The van der Waals surface area contributed by atoms with E-state index in [1.54, 1.807) is 19.1 Å². The predicted octanol–water partition coefficient (Wildman–Crippen LogP) is 4.59. The number of likely N-dealkylation sites (tertiary alicyclic amines) is 1. The van der Waals surface area contributed by atoms with Crippen LogP contribution in [0.5, 0.6) is 5.75 Å². The Balaban J connectivity index is 1.20. The molecule has 2 heterocycles. The number of carbonyl (C=O) groups is 2. The molecule has 3 aliphatic carbocycles. The SMILES string of the molecule is C=C1CCC2[C@@H]3C[C@H]4OC(C5CC[N+](C)(Cc6ccc(C(O)CNC(C)(C)C)cc6OP(=O)(O)O)CC5)O[C@@]4(C(=O)CO)C3(C)CC(O)[C@]2(F)C1(C)/C=C\C(C)=O. The fourth-order valence-corrected chi connectivity index (χ4v) is 11.6. The smallest absolute Gasteiger partial charge is 0.404 e. The summed E-state index contributed by atoms with van der Waals surface area (Å²) in [7, 11) is -2.87. The number of benzene rings is 1. The number of halogens is 1. The number of nitrogens with one attached hydrogen (secondary N) is 1. The van der Waals surface area contributed by atoms with Gasteiger partial charge in [-0.1, -0.05) is 31.2 Å². The van der Waals surface area contributed by atoms with Gasteiger partial charge in [-0.15, -0.1) is 0 Å². The molecule has 13 nitrogen and oxygen atoms in total. The van der Waals surface area contributed by atoms with E-state index in [4.69, 9.17) is 14.0 Å². The average Bonchev–Trinajstić information content (AvgIpc) is 3.61. The Kier molecular flexibility index (Phi) is 11.8. The molecule has 0 radical (unpaired) electrons. The van der Waals surface area contributed by atoms with E-state index in [2.05, 4.69) is 11.9 Å². The van der Waals surface area contributed by atoms with Crippen LogP contribution < -0.4 is 9.84 Å². The summed E-state index contributed by atoms with van der Waals surface area (Å²) in [6, 6.07) is 4.95. The van der Waals surface area contributed by atoms with Crippen molar-refractivity contribution in [1.82, 2.24) is 5.32 Å². The summed E-state index contributed by atoms with van der Waals surface area (Å²) < 4.78 is 49.0. The number of ether oxygens (including phenoxy) is 2. The summed E-state index contributed by atoms with van der Waals surface area (Å²) in [5, 5.41) is 36.3. The zero-order valence-corrected chi connectivity index (χ0v) is 35.3. The number of carbonyl (C=O) groups excluding carboxylic acids is 2. The van der Waals surface area contributed by atoms with Crippen LogP contribution in [-0.2, 0) is 30.2 Å². The molecule has 6 rings (SSSR count). The van der Waals surface area contributed by atoms with Crippen molar-refractivity contribution in [1.29, 1.82) is 0 Å². The molecule has 2 aliphatic heterocycles. The van der Waals surface area contributed by atoms with E-state index in [1.165, 1.54) is 25.1 Å². The van der Waals surface area contributed by atoms with Crippen molar-refractivity contribution < 1.29 is 62.1 Å². The molecule has 1 aromatic rings. The molecule has 318 valence electrons. The van der Waals surface area contributed by atoms with Gasteiger partial charge in [-0.2, -0.15) is 0 Å². The van der Waals surface area contributed by atoms with Crippen LogP contribution >= 0.6 is 7.82 Å². The second-order valence-corrected chi connectivity index (χ2v) is 20.4. The van der Waals surface area contributed by atoms with Gasteiger partial charge < -0.3 is 39.1 Å². The summed E-state index contributed by atoms with van der Waals surface area (Å²) in [5.74, 6) is -2.03. The van der Waals surface area contributed by atoms with Crippen molar-refractivity contribution in [3.8, 4) is 5.75 Å². The van der Waals surface area contributed by atoms with Gasteiger partial charge in [0, 0.05) is 53.2 Å². The lowest BCUT2D eigenvalue weighted by atomic mass is 9.45. The Morgan fingerprint density at radius 3 is 2.44 bits per heavy atom. The molecular weight excluding hydrogens is 758 g/mol. The van der Waals surface area contributed by atoms with E-state index >= 15 is 4.39 Å². The highest BCUT2D eigenvalue weighted by Crippen LogP contribution is 2.71. The summed E-state index contributed by atoms with van der Waals surface area (Å²) >= 11 is 0. The van der Waals surface area contributed by atoms with Gasteiger partial charge in [0.25, 0.3) is 0 Å². The Hall–Kier alpha value is -2.36. The van der Waals surface area contributed by atoms with Crippen molar-refractivity contribution in [2.75, 3.05) is 33.3 Å². The number of rotatable bonds is 12. The molecule has 5 aliphatic rings. The van der Waals surface area contributed by atoms with Crippen LogP contribution in [-0.4, -0.2) is 110 Å². The number of phosphoric ester groups is 1. The lowest BCUT2D eigenvalue weighted by molar-refractivity contribution is -0.928. The van der Waals surface area contributed by atoms with Crippen LogP contribution in [0.3, 0.4) is 0 Å². The fraction of sp³-hybridized carbons (Fsp3) is 0.714. The maximum atomic E-state index is 17.8. The van der Waals surface area contributed by atoms with Gasteiger partial charge in [-0.05, 0) is 90.0 Å². The highest BCUT2D eigenvalue weighted by Gasteiger charge is 2.79. The zero-order valence-electron chi connectivity index (χ0n) is 34.4. The number of nitrogens with zero attached hydrogens (tertiary/aromatic N) is 1. The number of phosphoric acid groups is 1. The molecule has 5 fully saturated rings. The number of aliphatic hydroxyl groups excluding tert-OH is 3. The van der Waals surface area contributed by atoms with Crippen LogP contribution in [0.25, 0.3) is 0 Å². The molecule has 6 unspecified atom stereocenters. The van der Waals surface area contributed by atoms with E-state index in [1.807, 2.05) is 34.7 Å². The number of aliphatic hydroxyl groups is 3. The van der Waals surface area contributed by atoms with E-state index in [-0.39, 0.29) is 36.0 Å². The van der Waals surface area contributed by atoms with E-state index < -0.39 is 78.8 Å². The number of hydrogen-bond acceptors (Lipinski definition) is 10. The van der Waals surface area contributed by atoms with Crippen molar-refractivity contribution in [3.63, 3.8) is 0 Å². The van der Waals surface area contributed by atoms with Gasteiger partial charge in [0.05, 0.1) is 38.4 Å². The Labute approximate surface area is 335 Å². The minimum atomic E-state index is -4.92. The molecule has 57 heavy (non-hydrogen) atoms. The summed E-state index contributed by atoms with van der Waals surface area (Å²) in [5.41, 5.74) is -4.75. The first-order chi connectivity index (χ1) is 26.3. The summed E-state index contributed by atoms with van der Waals surface area (Å²) in [6.45, 7) is 16.1. The first-order valence-electron chi connectivity index (χ1n) is 20.2. The molecule has 0 spiro atoms. The highest BCUT2D eigenvalue weighted by molar-refractivity contribution is 7.46. The molecule has 0 aromatic heterocycles. The molecule has 0 amide bonds. The van der Waals surface area contributed by atoms with Crippen LogP contribution in [0.4, 0.5) is 4.39 Å². The van der Waals surface area contributed by atoms with Crippen LogP contribution in [0, 0.1) is 28.6 Å². The van der Waals surface area contributed by atoms with Gasteiger partial charge in [0.15, 0.2) is 29.1 Å². The van der Waals surface area contributed by atoms with Crippen LogP contribution in [0.1, 0.15) is 97.3 Å². The highest BCUT2D eigenvalue weighted by atomic mass is 31.2. The minimum Gasteiger partial charge on any atom is -0.404 e. The molecule has 3 saturated carbocycles. The predicted molar refractivity (Wildman–Crippen MR) is 209 cm³/mol. The number of piperidine rings is 1. The van der Waals surface area contributed by atoms with Gasteiger partial charge in [-0.3, -0.25) is 19.4 Å². The van der Waals surface area contributed by atoms with E-state index in [0.717, 1.165) is 0 Å². The number of Topliss-reactive ketones (excluding diaryl/α,β-unsaturated/α-hetero) is 1.